The Balaban J connectivity index is 2.09. The van der Waals surface area contributed by atoms with Gasteiger partial charge in [-0.15, -0.1) is 0 Å². The number of ether oxygens (including phenoxy) is 1. The lowest BCUT2D eigenvalue weighted by atomic mass is 10.2. The van der Waals surface area contributed by atoms with Crippen LogP contribution in [0.4, 0.5) is 0 Å². The van der Waals surface area contributed by atoms with Crippen LogP contribution in [0.5, 0.6) is 5.75 Å². The third-order valence-electron chi connectivity index (χ3n) is 1.87. The van der Waals surface area contributed by atoms with Crippen molar-refractivity contribution in [1.82, 2.24) is 5.16 Å². The minimum absolute atomic E-state index is 0.0931. The van der Waals surface area contributed by atoms with Crippen molar-refractivity contribution in [3.8, 4) is 5.75 Å². The first-order valence-electron chi connectivity index (χ1n) is 4.45. The van der Waals surface area contributed by atoms with Gasteiger partial charge in [0.1, 0.15) is 5.75 Å². The topological polar surface area (TPSA) is 52.3 Å². The summed E-state index contributed by atoms with van der Waals surface area (Å²) in [5, 5.41) is 3.42. The molecule has 0 spiro atoms. The van der Waals surface area contributed by atoms with Crippen molar-refractivity contribution in [1.29, 1.82) is 0 Å². The molecule has 2 aromatic rings. The Labute approximate surface area is 86.5 Å². The van der Waals surface area contributed by atoms with Crippen LogP contribution < -0.4 is 4.74 Å². The highest BCUT2D eigenvalue weighted by molar-refractivity contribution is 5.87. The van der Waals surface area contributed by atoms with Gasteiger partial charge in [-0.1, -0.05) is 22.9 Å². The fourth-order valence-electron chi connectivity index (χ4n) is 1.08. The summed E-state index contributed by atoms with van der Waals surface area (Å²) >= 11 is 0. The van der Waals surface area contributed by atoms with Crippen LogP contribution in [0.25, 0.3) is 0 Å². The molecule has 1 aromatic carbocycles. The minimum atomic E-state index is -0.545. The molecule has 1 heterocycles. The van der Waals surface area contributed by atoms with E-state index >= 15 is 0 Å². The Morgan fingerprint density at radius 3 is 2.60 bits per heavy atom. The predicted molar refractivity (Wildman–Crippen MR) is 52.6 cm³/mol. The molecule has 0 saturated heterocycles. The van der Waals surface area contributed by atoms with Crippen LogP contribution in [0.1, 0.15) is 16.1 Å². The Hall–Kier alpha value is -2.10. The number of aromatic nitrogens is 1. The van der Waals surface area contributed by atoms with Gasteiger partial charge < -0.3 is 9.26 Å². The fraction of sp³-hybridized carbons (Fsp3) is 0.0909. The summed E-state index contributed by atoms with van der Waals surface area (Å²) in [6.07, 6.45) is 1.39. The smallest absolute Gasteiger partial charge is 0.382 e. The maximum absolute atomic E-state index is 11.4. The lowest BCUT2D eigenvalue weighted by Crippen LogP contribution is -2.06. The largest absolute Gasteiger partial charge is 0.421 e. The van der Waals surface area contributed by atoms with Gasteiger partial charge in [0.05, 0.1) is 6.20 Å². The molecule has 0 fully saturated rings. The van der Waals surface area contributed by atoms with Crippen molar-refractivity contribution in [2.45, 2.75) is 6.92 Å². The maximum atomic E-state index is 11.4. The zero-order valence-corrected chi connectivity index (χ0v) is 8.14. The molecule has 4 nitrogen and oxygen atoms in total. The van der Waals surface area contributed by atoms with Gasteiger partial charge in [0.25, 0.3) is 0 Å². The molecule has 0 saturated carbocycles. The third-order valence-corrected chi connectivity index (χ3v) is 1.87. The summed E-state index contributed by atoms with van der Waals surface area (Å²) in [4.78, 5) is 11.4. The normalized spacial score (nSPS) is 9.93. The van der Waals surface area contributed by atoms with Crippen LogP contribution in [0.15, 0.2) is 41.1 Å². The molecule has 0 amide bonds. The quantitative estimate of drug-likeness (QED) is 0.554. The van der Waals surface area contributed by atoms with Gasteiger partial charge in [-0.2, -0.15) is 0 Å². The van der Waals surface area contributed by atoms with Crippen LogP contribution in [0, 0.1) is 6.92 Å². The van der Waals surface area contributed by atoms with E-state index in [9.17, 15) is 4.79 Å². The van der Waals surface area contributed by atoms with Crippen LogP contribution in [-0.2, 0) is 0 Å². The van der Waals surface area contributed by atoms with Gasteiger partial charge in [-0.05, 0) is 19.1 Å². The molecule has 0 N–H and O–H groups in total. The predicted octanol–water partition coefficient (Wildman–Crippen LogP) is 2.20. The van der Waals surface area contributed by atoms with Crippen molar-refractivity contribution < 1.29 is 14.1 Å². The number of esters is 1. The second-order valence-electron chi connectivity index (χ2n) is 3.08. The molecule has 76 valence electrons. The monoisotopic (exact) mass is 203 g/mol. The second-order valence-corrected chi connectivity index (χ2v) is 3.08. The SMILES string of the molecule is Cc1ccc(OC(=O)c2ccno2)cc1. The number of benzene rings is 1. The molecule has 2 rings (SSSR count). The highest BCUT2D eigenvalue weighted by Gasteiger charge is 2.11. The van der Waals surface area contributed by atoms with E-state index in [1.54, 1.807) is 12.1 Å². The van der Waals surface area contributed by atoms with Crippen molar-refractivity contribution in [3.63, 3.8) is 0 Å². The van der Waals surface area contributed by atoms with Gasteiger partial charge in [-0.25, -0.2) is 4.79 Å². The highest BCUT2D eigenvalue weighted by Crippen LogP contribution is 2.13. The van der Waals surface area contributed by atoms with Crippen molar-refractivity contribution in [2.24, 2.45) is 0 Å². The molecule has 0 aliphatic rings. The Morgan fingerprint density at radius 1 is 1.27 bits per heavy atom. The Bertz CT molecular complexity index is 445. The van der Waals surface area contributed by atoms with E-state index in [0.29, 0.717) is 5.75 Å². The average molecular weight is 203 g/mol. The zero-order valence-electron chi connectivity index (χ0n) is 8.14. The van der Waals surface area contributed by atoms with Gasteiger partial charge in [0, 0.05) is 6.07 Å². The third kappa shape index (κ3) is 2.22. The maximum Gasteiger partial charge on any atom is 0.382 e. The Kier molecular flexibility index (Phi) is 2.49. The summed E-state index contributed by atoms with van der Waals surface area (Å²) in [6.45, 7) is 1.96. The molecular weight excluding hydrogens is 194 g/mol. The first kappa shape index (κ1) is 9.45. The van der Waals surface area contributed by atoms with Crippen LogP contribution in [0.2, 0.25) is 0 Å². The molecule has 0 bridgehead atoms. The number of hydrogen-bond acceptors (Lipinski definition) is 4. The van der Waals surface area contributed by atoms with E-state index in [-0.39, 0.29) is 5.76 Å². The summed E-state index contributed by atoms with van der Waals surface area (Å²) in [5.74, 6) is 0.0360. The molecule has 0 atom stereocenters. The van der Waals surface area contributed by atoms with Gasteiger partial charge >= 0.3 is 5.97 Å². The van der Waals surface area contributed by atoms with Crippen molar-refractivity contribution in [3.05, 3.63) is 47.9 Å². The average Bonchev–Trinajstić information content (AvgIpc) is 2.74. The number of nitrogens with zero attached hydrogens (tertiary/aromatic N) is 1. The van der Waals surface area contributed by atoms with E-state index in [2.05, 4.69) is 9.68 Å². The molecule has 0 radical (unpaired) electrons. The molecular formula is C11H9NO3. The summed E-state index contributed by atoms with van der Waals surface area (Å²) in [7, 11) is 0. The summed E-state index contributed by atoms with van der Waals surface area (Å²) < 4.78 is 9.71. The molecule has 0 aliphatic heterocycles. The van der Waals surface area contributed by atoms with E-state index in [1.807, 2.05) is 19.1 Å². The van der Waals surface area contributed by atoms with Gasteiger partial charge in [-0.3, -0.25) is 0 Å². The van der Waals surface area contributed by atoms with Gasteiger partial charge in [0.2, 0.25) is 5.76 Å². The second kappa shape index (κ2) is 3.96. The lowest BCUT2D eigenvalue weighted by molar-refractivity contribution is 0.0691. The number of aryl methyl sites for hydroxylation is 1. The van der Waals surface area contributed by atoms with E-state index < -0.39 is 5.97 Å². The number of carbonyl (C=O) groups excluding carboxylic acids is 1. The number of hydrogen-bond donors (Lipinski definition) is 0. The van der Waals surface area contributed by atoms with Crippen molar-refractivity contribution in [2.75, 3.05) is 0 Å². The fourth-order valence-corrected chi connectivity index (χ4v) is 1.08. The first-order valence-corrected chi connectivity index (χ1v) is 4.45. The van der Waals surface area contributed by atoms with E-state index in [0.717, 1.165) is 5.56 Å². The minimum Gasteiger partial charge on any atom is -0.421 e. The number of carbonyl (C=O) groups is 1. The first-order chi connectivity index (χ1) is 7.25. The standard InChI is InChI=1S/C11H9NO3/c1-8-2-4-9(5-3-8)14-11(13)10-6-7-12-15-10/h2-7H,1H3. The molecule has 0 aliphatic carbocycles. The number of rotatable bonds is 2. The Morgan fingerprint density at radius 2 is 2.00 bits per heavy atom. The van der Waals surface area contributed by atoms with E-state index in [4.69, 9.17) is 4.74 Å². The zero-order chi connectivity index (χ0) is 10.7. The molecule has 1 aromatic heterocycles. The summed E-state index contributed by atoms with van der Waals surface area (Å²) in [6, 6.07) is 8.63. The van der Waals surface area contributed by atoms with Crippen LogP contribution in [-0.4, -0.2) is 11.1 Å². The lowest BCUT2D eigenvalue weighted by Gasteiger charge is -2.01. The molecule has 0 unspecified atom stereocenters. The molecule has 15 heavy (non-hydrogen) atoms. The van der Waals surface area contributed by atoms with Gasteiger partial charge in [0.15, 0.2) is 0 Å². The highest BCUT2D eigenvalue weighted by atomic mass is 16.6. The van der Waals surface area contributed by atoms with Crippen molar-refractivity contribution >= 4 is 5.97 Å². The van der Waals surface area contributed by atoms with Crippen LogP contribution in [0.3, 0.4) is 0 Å². The molecule has 4 heteroatoms. The summed E-state index contributed by atoms with van der Waals surface area (Å²) in [5.41, 5.74) is 1.11. The van der Waals surface area contributed by atoms with Crippen LogP contribution >= 0.6 is 0 Å². The van der Waals surface area contributed by atoms with E-state index in [1.165, 1.54) is 12.3 Å².